The Morgan fingerprint density at radius 1 is 1.07 bits per heavy atom. The molecule has 0 saturated heterocycles. The minimum atomic E-state index is -0.269. The van der Waals surface area contributed by atoms with Gasteiger partial charge in [-0.3, -0.25) is 14.3 Å². The minimum absolute atomic E-state index is 0.254. The fourth-order valence-corrected chi connectivity index (χ4v) is 3.63. The molecule has 3 heterocycles. The van der Waals surface area contributed by atoms with E-state index in [1.54, 1.807) is 32.6 Å². The molecule has 1 N–H and O–H groups in total. The van der Waals surface area contributed by atoms with Gasteiger partial charge in [0.2, 0.25) is 0 Å². The third-order valence-electron chi connectivity index (χ3n) is 5.12. The third-order valence-corrected chi connectivity index (χ3v) is 5.12. The van der Waals surface area contributed by atoms with Gasteiger partial charge in [0.15, 0.2) is 0 Å². The molecule has 7 heteroatoms. The van der Waals surface area contributed by atoms with Crippen LogP contribution in [0.25, 0.3) is 21.9 Å². The topological polar surface area (TPSA) is 72.2 Å². The summed E-state index contributed by atoms with van der Waals surface area (Å²) in [5.41, 5.74) is 4.05. The maximum absolute atomic E-state index is 13.0. The Morgan fingerprint density at radius 2 is 1.79 bits per heavy atom. The van der Waals surface area contributed by atoms with Crippen molar-refractivity contribution < 1.29 is 9.59 Å². The molecule has 0 aliphatic heterocycles. The molecule has 1 aromatic carbocycles. The molecule has 0 fully saturated rings. The van der Waals surface area contributed by atoms with Crippen molar-refractivity contribution in [1.29, 1.82) is 0 Å². The number of rotatable bonds is 4. The van der Waals surface area contributed by atoms with Gasteiger partial charge in [-0.25, -0.2) is 4.79 Å². The summed E-state index contributed by atoms with van der Waals surface area (Å²) in [5, 5.41) is 3.88. The van der Waals surface area contributed by atoms with Gasteiger partial charge in [0.25, 0.3) is 5.91 Å². The SMILES string of the molecule is CN(C)C(=O)n1c(C(=O)NCCc2ccncc2)cc2c1c1ccccc1n2C. The first-order chi connectivity index (χ1) is 14.0. The minimum Gasteiger partial charge on any atom is -0.350 e. The molecular weight excluding hydrogens is 366 g/mol. The van der Waals surface area contributed by atoms with Crippen LogP contribution in [0.3, 0.4) is 0 Å². The van der Waals surface area contributed by atoms with Crippen LogP contribution in [0.15, 0.2) is 54.9 Å². The lowest BCUT2D eigenvalue weighted by atomic mass is 10.2. The van der Waals surface area contributed by atoms with Crippen LogP contribution in [0.4, 0.5) is 4.79 Å². The number of aromatic nitrogens is 3. The fourth-order valence-electron chi connectivity index (χ4n) is 3.63. The van der Waals surface area contributed by atoms with E-state index in [1.165, 1.54) is 9.47 Å². The molecule has 0 saturated carbocycles. The number of aryl methyl sites for hydroxylation is 1. The number of fused-ring (bicyclic) bond motifs is 3. The smallest absolute Gasteiger partial charge is 0.328 e. The van der Waals surface area contributed by atoms with E-state index < -0.39 is 0 Å². The zero-order valence-electron chi connectivity index (χ0n) is 16.7. The Bertz CT molecular complexity index is 1200. The van der Waals surface area contributed by atoms with E-state index in [4.69, 9.17) is 0 Å². The summed E-state index contributed by atoms with van der Waals surface area (Å²) in [6, 6.07) is 13.3. The van der Waals surface area contributed by atoms with E-state index >= 15 is 0 Å². The van der Waals surface area contributed by atoms with Gasteiger partial charge in [-0.05, 0) is 36.2 Å². The largest absolute Gasteiger partial charge is 0.350 e. The highest BCUT2D eigenvalue weighted by Gasteiger charge is 2.25. The van der Waals surface area contributed by atoms with Gasteiger partial charge in [0.1, 0.15) is 5.69 Å². The average Bonchev–Trinajstić information content (AvgIpc) is 3.25. The molecule has 0 radical (unpaired) electrons. The van der Waals surface area contributed by atoms with Gasteiger partial charge in [0, 0.05) is 45.5 Å². The molecular formula is C22H23N5O2. The van der Waals surface area contributed by atoms with Crippen molar-refractivity contribution in [3.8, 4) is 0 Å². The lowest BCUT2D eigenvalue weighted by molar-refractivity contribution is 0.0945. The number of nitrogens with one attached hydrogen (secondary N) is 1. The van der Waals surface area contributed by atoms with Crippen molar-refractivity contribution in [3.05, 3.63) is 66.1 Å². The summed E-state index contributed by atoms with van der Waals surface area (Å²) in [4.78, 5) is 31.4. The molecule has 0 aliphatic rings. The summed E-state index contributed by atoms with van der Waals surface area (Å²) in [6.07, 6.45) is 4.16. The fraction of sp³-hybridized carbons (Fsp3) is 0.227. The van der Waals surface area contributed by atoms with Crippen LogP contribution in [0, 0.1) is 0 Å². The van der Waals surface area contributed by atoms with Gasteiger partial charge in [-0.15, -0.1) is 0 Å². The zero-order chi connectivity index (χ0) is 20.5. The van der Waals surface area contributed by atoms with Crippen molar-refractivity contribution in [1.82, 2.24) is 24.3 Å². The summed E-state index contributed by atoms with van der Waals surface area (Å²) in [6.45, 7) is 0.473. The van der Waals surface area contributed by atoms with Crippen molar-refractivity contribution >= 4 is 33.9 Å². The van der Waals surface area contributed by atoms with E-state index in [2.05, 4.69) is 10.3 Å². The van der Waals surface area contributed by atoms with E-state index in [0.29, 0.717) is 18.7 Å². The quantitative estimate of drug-likeness (QED) is 0.583. The third kappa shape index (κ3) is 3.24. The molecule has 29 heavy (non-hydrogen) atoms. The number of nitrogens with zero attached hydrogens (tertiary/aromatic N) is 4. The molecule has 4 aromatic rings. The number of carbonyl (C=O) groups excluding carboxylic acids is 2. The number of pyridine rings is 1. The summed E-state index contributed by atoms with van der Waals surface area (Å²) in [7, 11) is 5.31. The molecule has 148 valence electrons. The molecule has 4 rings (SSSR count). The van der Waals surface area contributed by atoms with Crippen LogP contribution in [0.2, 0.25) is 0 Å². The average molecular weight is 389 g/mol. The molecule has 0 bridgehead atoms. The van der Waals surface area contributed by atoms with Crippen LogP contribution in [0.5, 0.6) is 0 Å². The first-order valence-corrected chi connectivity index (χ1v) is 9.46. The van der Waals surface area contributed by atoms with Gasteiger partial charge in [-0.2, -0.15) is 0 Å². The van der Waals surface area contributed by atoms with Crippen LogP contribution >= 0.6 is 0 Å². The second kappa shape index (κ2) is 7.43. The highest BCUT2D eigenvalue weighted by molar-refractivity contribution is 6.14. The molecule has 2 amide bonds. The van der Waals surface area contributed by atoms with Crippen LogP contribution in [-0.2, 0) is 13.5 Å². The Kier molecular flexibility index (Phi) is 4.80. The molecule has 7 nitrogen and oxygen atoms in total. The summed E-state index contributed by atoms with van der Waals surface area (Å²) >= 11 is 0. The van der Waals surface area contributed by atoms with Gasteiger partial charge in [-0.1, -0.05) is 18.2 Å². The Morgan fingerprint density at radius 3 is 2.52 bits per heavy atom. The predicted molar refractivity (Wildman–Crippen MR) is 113 cm³/mol. The lowest BCUT2D eigenvalue weighted by Gasteiger charge is -2.15. The number of hydrogen-bond acceptors (Lipinski definition) is 3. The molecule has 0 aliphatic carbocycles. The van der Waals surface area contributed by atoms with Gasteiger partial charge >= 0.3 is 6.03 Å². The van der Waals surface area contributed by atoms with E-state index in [0.717, 1.165) is 27.5 Å². The number of hydrogen-bond donors (Lipinski definition) is 1. The van der Waals surface area contributed by atoms with Gasteiger partial charge < -0.3 is 14.8 Å². The molecule has 0 atom stereocenters. The summed E-state index contributed by atoms with van der Waals surface area (Å²) < 4.78 is 3.53. The van der Waals surface area contributed by atoms with Gasteiger partial charge in [0.05, 0.1) is 16.6 Å². The van der Waals surface area contributed by atoms with Crippen molar-refractivity contribution in [2.24, 2.45) is 7.05 Å². The Hall–Kier alpha value is -3.61. The zero-order valence-corrected chi connectivity index (χ0v) is 16.7. The van der Waals surface area contributed by atoms with E-state index in [-0.39, 0.29) is 11.9 Å². The standard InChI is InChI=1S/C22H23N5O2/c1-25(2)22(29)27-19(21(28)24-13-10-15-8-11-23-12-9-15)14-18-20(27)16-6-4-5-7-17(16)26(18)3/h4-9,11-12,14H,10,13H2,1-3H3,(H,24,28). The highest BCUT2D eigenvalue weighted by Crippen LogP contribution is 2.31. The Balaban J connectivity index is 1.73. The predicted octanol–water partition coefficient (Wildman–Crippen LogP) is 3.03. The Labute approximate surface area is 168 Å². The number of amides is 2. The van der Waals surface area contributed by atoms with Crippen molar-refractivity contribution in [3.63, 3.8) is 0 Å². The normalized spacial score (nSPS) is 11.1. The number of para-hydroxylation sites is 1. The first-order valence-electron chi connectivity index (χ1n) is 9.46. The molecule has 3 aromatic heterocycles. The molecule has 0 unspecified atom stereocenters. The van der Waals surface area contributed by atoms with Crippen LogP contribution in [0.1, 0.15) is 16.1 Å². The highest BCUT2D eigenvalue weighted by atomic mass is 16.2. The van der Waals surface area contributed by atoms with E-state index in [1.807, 2.05) is 48.0 Å². The van der Waals surface area contributed by atoms with Crippen LogP contribution in [-0.4, -0.2) is 51.6 Å². The maximum atomic E-state index is 13.0. The second-order valence-electron chi connectivity index (χ2n) is 7.21. The van der Waals surface area contributed by atoms with Crippen LogP contribution < -0.4 is 5.32 Å². The number of carbonyl (C=O) groups is 2. The summed E-state index contributed by atoms with van der Waals surface area (Å²) in [5.74, 6) is -0.269. The van der Waals surface area contributed by atoms with E-state index in [9.17, 15) is 9.59 Å². The van der Waals surface area contributed by atoms with Crippen molar-refractivity contribution in [2.45, 2.75) is 6.42 Å². The maximum Gasteiger partial charge on any atom is 0.328 e. The lowest BCUT2D eigenvalue weighted by Crippen LogP contribution is -2.33. The molecule has 0 spiro atoms. The monoisotopic (exact) mass is 389 g/mol. The second-order valence-corrected chi connectivity index (χ2v) is 7.21. The first kappa shape index (κ1) is 18.7. The number of benzene rings is 1. The van der Waals surface area contributed by atoms with Crippen molar-refractivity contribution in [2.75, 3.05) is 20.6 Å².